The Morgan fingerprint density at radius 2 is 1.02 bits per heavy atom. The number of hydrogen-bond acceptors (Lipinski definition) is 3. The van der Waals surface area contributed by atoms with Gasteiger partial charge in [0, 0.05) is 43.5 Å². The summed E-state index contributed by atoms with van der Waals surface area (Å²) in [5.74, 6) is 0. The Balaban J connectivity index is 1.02. The molecule has 10 aromatic rings. The molecule has 1 aliphatic rings. The van der Waals surface area contributed by atoms with E-state index in [-0.39, 0.29) is 6.29 Å². The third-order valence-corrected chi connectivity index (χ3v) is 11.5. The van der Waals surface area contributed by atoms with Crippen molar-refractivity contribution in [3.63, 3.8) is 0 Å². The molecule has 3 aromatic heterocycles. The minimum absolute atomic E-state index is 0.243. The molecule has 0 spiro atoms. The van der Waals surface area contributed by atoms with Gasteiger partial charge in [0.15, 0.2) is 0 Å². The van der Waals surface area contributed by atoms with E-state index in [1.165, 1.54) is 75.3 Å². The predicted molar refractivity (Wildman–Crippen MR) is 217 cm³/mol. The van der Waals surface area contributed by atoms with Crippen LogP contribution in [0.15, 0.2) is 169 Å². The third kappa shape index (κ3) is 4.35. The monoisotopic (exact) mass is 670 g/mol. The molecule has 11 rings (SSSR count). The number of anilines is 1. The zero-order valence-corrected chi connectivity index (χ0v) is 28.3. The van der Waals surface area contributed by atoms with Gasteiger partial charge in [-0.2, -0.15) is 0 Å². The van der Waals surface area contributed by atoms with Crippen molar-refractivity contribution < 1.29 is 0 Å². The van der Waals surface area contributed by atoms with Gasteiger partial charge in [0.1, 0.15) is 0 Å². The number of nitrogens with zero attached hydrogens (tertiary/aromatic N) is 3. The van der Waals surface area contributed by atoms with Crippen LogP contribution in [0.4, 0.5) is 5.69 Å². The average Bonchev–Trinajstić information content (AvgIpc) is 3.85. The van der Waals surface area contributed by atoms with E-state index in [4.69, 9.17) is 4.99 Å². The van der Waals surface area contributed by atoms with E-state index in [0.29, 0.717) is 0 Å². The fourth-order valence-corrected chi connectivity index (χ4v) is 9.10. The summed E-state index contributed by atoms with van der Waals surface area (Å²) < 4.78 is 6.01. The fourth-order valence-electron chi connectivity index (χ4n) is 8.05. The van der Waals surface area contributed by atoms with Gasteiger partial charge in [-0.3, -0.25) is 0 Å². The first-order chi connectivity index (χ1) is 25.3. The number of hydrogen-bond donors (Lipinski definition) is 1. The highest BCUT2D eigenvalue weighted by Gasteiger charge is 2.24. The second-order valence-corrected chi connectivity index (χ2v) is 14.3. The molecule has 4 heterocycles. The van der Waals surface area contributed by atoms with Crippen molar-refractivity contribution in [3.8, 4) is 27.9 Å². The van der Waals surface area contributed by atoms with Crippen LogP contribution >= 0.6 is 11.3 Å². The normalized spacial score (nSPS) is 14.2. The fraction of sp³-hybridized carbons (Fsp3) is 0.0217. The minimum Gasteiger partial charge on any atom is -0.345 e. The van der Waals surface area contributed by atoms with Gasteiger partial charge in [0.2, 0.25) is 6.29 Å². The summed E-state index contributed by atoms with van der Waals surface area (Å²) >= 11 is 1.78. The van der Waals surface area contributed by atoms with Gasteiger partial charge in [-0.15, -0.1) is 11.3 Å². The molecule has 0 amide bonds. The number of benzene rings is 7. The molecule has 1 aliphatic heterocycles. The summed E-state index contributed by atoms with van der Waals surface area (Å²) in [4.78, 5) is 6.21. The van der Waals surface area contributed by atoms with Gasteiger partial charge in [-0.25, -0.2) is 4.99 Å². The minimum atomic E-state index is -0.243. The maximum absolute atomic E-state index is 5.03. The number of para-hydroxylation sites is 2. The summed E-state index contributed by atoms with van der Waals surface area (Å²) in [6.07, 6.45) is 1.80. The third-order valence-electron chi connectivity index (χ3n) is 10.4. The molecule has 0 fully saturated rings. The summed E-state index contributed by atoms with van der Waals surface area (Å²) in [5, 5.41) is 9.99. The molecule has 0 aliphatic carbocycles. The van der Waals surface area contributed by atoms with Crippen LogP contribution < -0.4 is 5.32 Å². The molecule has 4 nitrogen and oxygen atoms in total. The highest BCUT2D eigenvalue weighted by atomic mass is 32.1. The zero-order valence-electron chi connectivity index (χ0n) is 27.5. The second-order valence-electron chi connectivity index (χ2n) is 13.3. The highest BCUT2D eigenvalue weighted by molar-refractivity contribution is 7.21. The van der Waals surface area contributed by atoms with Crippen LogP contribution in [0.2, 0.25) is 0 Å². The lowest BCUT2D eigenvalue weighted by Crippen LogP contribution is -2.19. The Bertz CT molecular complexity index is 3000. The molecular formula is C46H30N4S. The molecule has 1 atom stereocenters. The SMILES string of the molecule is C1=NC(n2c3ccccc3c3cc(-c4ccc5c(c4)c4ccccc4n5-c4ccc(-c5ccccc5)cc4)ccc32)Nc2c1sc1ccccc21. The molecule has 0 bridgehead atoms. The van der Waals surface area contributed by atoms with Gasteiger partial charge in [-0.05, 0) is 76.9 Å². The first-order valence-corrected chi connectivity index (χ1v) is 18.1. The van der Waals surface area contributed by atoms with Crippen molar-refractivity contribution in [3.05, 3.63) is 169 Å². The van der Waals surface area contributed by atoms with Crippen molar-refractivity contribution >= 4 is 76.9 Å². The number of aromatic nitrogens is 2. The Kier molecular flexibility index (Phi) is 6.15. The largest absolute Gasteiger partial charge is 0.345 e. The van der Waals surface area contributed by atoms with Crippen LogP contribution in [-0.2, 0) is 0 Å². The molecule has 0 radical (unpaired) electrons. The van der Waals surface area contributed by atoms with E-state index in [0.717, 1.165) is 16.9 Å². The van der Waals surface area contributed by atoms with Crippen LogP contribution in [0.3, 0.4) is 0 Å². The van der Waals surface area contributed by atoms with E-state index in [1.807, 2.05) is 6.21 Å². The van der Waals surface area contributed by atoms with Gasteiger partial charge in [0.25, 0.3) is 0 Å². The van der Waals surface area contributed by atoms with Gasteiger partial charge in [0.05, 0.1) is 32.6 Å². The molecular weight excluding hydrogens is 641 g/mol. The molecule has 1 unspecified atom stereocenters. The van der Waals surface area contributed by atoms with E-state index < -0.39 is 0 Å². The van der Waals surface area contributed by atoms with Crippen LogP contribution in [-0.4, -0.2) is 15.3 Å². The second kappa shape index (κ2) is 11.0. The Morgan fingerprint density at radius 1 is 0.471 bits per heavy atom. The van der Waals surface area contributed by atoms with Crippen molar-refractivity contribution in [1.82, 2.24) is 9.13 Å². The lowest BCUT2D eigenvalue weighted by atomic mass is 10.0. The number of rotatable bonds is 4. The van der Waals surface area contributed by atoms with E-state index >= 15 is 0 Å². The zero-order chi connectivity index (χ0) is 33.5. The lowest BCUT2D eigenvalue weighted by Gasteiger charge is -2.23. The molecule has 51 heavy (non-hydrogen) atoms. The van der Waals surface area contributed by atoms with Crippen LogP contribution in [0, 0.1) is 0 Å². The standard InChI is InChI=1S/C46H30N4S/c1-2-10-29(11-3-1)30-18-22-33(23-19-30)49-39-15-7-4-12-34(39)37-26-31(20-24-41(37)49)32-21-25-42-38(27-32)35-13-5-8-16-40(35)50(42)46-47-28-44-45(48-46)36-14-6-9-17-43(36)51-44/h1-28,46,48H. The van der Waals surface area contributed by atoms with Crippen LogP contribution in [0.25, 0.3) is 81.6 Å². The summed E-state index contributed by atoms with van der Waals surface area (Å²) in [7, 11) is 0. The van der Waals surface area contributed by atoms with Crippen molar-refractivity contribution in [2.24, 2.45) is 4.99 Å². The lowest BCUT2D eigenvalue weighted by molar-refractivity contribution is 0.629. The van der Waals surface area contributed by atoms with Gasteiger partial charge in [-0.1, -0.05) is 109 Å². The number of aliphatic imine (C=N–C) groups is 1. The molecule has 0 saturated heterocycles. The molecule has 240 valence electrons. The Morgan fingerprint density at radius 3 is 1.80 bits per heavy atom. The summed E-state index contributed by atoms with van der Waals surface area (Å²) in [5.41, 5.74) is 11.9. The first-order valence-electron chi connectivity index (χ1n) is 17.3. The molecule has 7 aromatic carbocycles. The Hall–Kier alpha value is -6.43. The smallest absolute Gasteiger partial charge is 0.200 e. The van der Waals surface area contributed by atoms with Crippen molar-refractivity contribution in [2.75, 3.05) is 5.32 Å². The highest BCUT2D eigenvalue weighted by Crippen LogP contribution is 2.42. The topological polar surface area (TPSA) is 34.2 Å². The predicted octanol–water partition coefficient (Wildman–Crippen LogP) is 12.4. The maximum atomic E-state index is 5.03. The number of nitrogens with one attached hydrogen (secondary N) is 1. The molecule has 1 N–H and O–H groups in total. The first kappa shape index (κ1) is 28.4. The van der Waals surface area contributed by atoms with Gasteiger partial charge < -0.3 is 14.5 Å². The van der Waals surface area contributed by atoms with E-state index in [2.05, 4.69) is 178 Å². The van der Waals surface area contributed by atoms with E-state index in [9.17, 15) is 0 Å². The van der Waals surface area contributed by atoms with Gasteiger partial charge >= 0.3 is 0 Å². The maximum Gasteiger partial charge on any atom is 0.200 e. The van der Waals surface area contributed by atoms with Crippen LogP contribution in [0.5, 0.6) is 0 Å². The Labute approximate surface area is 298 Å². The number of fused-ring (bicyclic) bond motifs is 9. The summed E-state index contributed by atoms with van der Waals surface area (Å²) in [6, 6.07) is 59.3. The van der Waals surface area contributed by atoms with Crippen molar-refractivity contribution in [1.29, 1.82) is 0 Å². The average molecular weight is 671 g/mol. The number of thiophene rings is 1. The molecule has 5 heteroatoms. The van der Waals surface area contributed by atoms with E-state index in [1.54, 1.807) is 11.3 Å². The van der Waals surface area contributed by atoms with Crippen molar-refractivity contribution in [2.45, 2.75) is 6.29 Å². The quantitative estimate of drug-likeness (QED) is 0.199. The molecule has 0 saturated carbocycles. The summed E-state index contributed by atoms with van der Waals surface area (Å²) in [6.45, 7) is 0. The van der Waals surface area contributed by atoms with Crippen LogP contribution in [0.1, 0.15) is 11.2 Å².